The summed E-state index contributed by atoms with van der Waals surface area (Å²) in [5.74, 6) is -4.12. The zero-order valence-corrected chi connectivity index (χ0v) is 12.6. The summed E-state index contributed by atoms with van der Waals surface area (Å²) in [6.45, 7) is 2.03. The Morgan fingerprint density at radius 1 is 1.04 bits per heavy atom. The van der Waals surface area contributed by atoms with Crippen LogP contribution in [0.2, 0.25) is 0 Å². The Morgan fingerprint density at radius 3 is 2.00 bits per heavy atom. The van der Waals surface area contributed by atoms with Gasteiger partial charge in [-0.25, -0.2) is 0 Å². The van der Waals surface area contributed by atoms with E-state index >= 15 is 0 Å². The van der Waals surface area contributed by atoms with E-state index in [1.54, 1.807) is 0 Å². The molecule has 0 aliphatic heterocycles. The number of ether oxygens (including phenoxy) is 1. The Morgan fingerprint density at radius 2 is 1.57 bits per heavy atom. The molecule has 0 aromatic heterocycles. The summed E-state index contributed by atoms with van der Waals surface area (Å²) in [7, 11) is -4.94. The van der Waals surface area contributed by atoms with Gasteiger partial charge >= 0.3 is 77.0 Å². The molecule has 0 aromatic carbocycles. The molecule has 0 aliphatic carbocycles. The summed E-state index contributed by atoms with van der Waals surface area (Å²) >= 11 is 0. The topological polar surface area (TPSA) is 135 Å². The number of carbonyl (C=O) groups excluding carboxylic acids is 2. The molecule has 0 rings (SSSR count). The summed E-state index contributed by atoms with van der Waals surface area (Å²) < 4.78 is 34.9. The van der Waals surface area contributed by atoms with Crippen molar-refractivity contribution in [2.45, 2.75) is 57.1 Å². The second-order valence-corrected chi connectivity index (χ2v) is 6.16. The molecule has 11 heteroatoms. The van der Waals surface area contributed by atoms with Crippen LogP contribution in [0.25, 0.3) is 0 Å². The van der Waals surface area contributed by atoms with Crippen LogP contribution in [0.5, 0.6) is 0 Å². The van der Waals surface area contributed by atoms with Crippen molar-refractivity contribution in [2.75, 3.05) is 0 Å². The molecule has 0 aliphatic rings. The molecule has 23 heavy (non-hydrogen) atoms. The standard InChI is InChI=1S/C12H20O8S.2Na.2H/c1-2-3-4-5-6-7-11(15)20-12(16)9(8-10(13)14)21(17,18)19;;;;/h9H,2-8H2,1H3,(H,13,14)(H,17,18,19);;;;. The molecular formula is C12H22Na2O8S. The maximum atomic E-state index is 11.4. The molecule has 0 saturated carbocycles. The van der Waals surface area contributed by atoms with Crippen molar-refractivity contribution in [3.05, 3.63) is 0 Å². The van der Waals surface area contributed by atoms with Gasteiger partial charge in [0.1, 0.15) is 0 Å². The normalized spacial score (nSPS) is 11.6. The Kier molecular flexibility index (Phi) is 18.3. The predicted octanol–water partition coefficient (Wildman–Crippen LogP) is -0.149. The molecule has 0 saturated heterocycles. The number of hydrogen-bond acceptors (Lipinski definition) is 6. The Balaban J connectivity index is -0.00000200. The van der Waals surface area contributed by atoms with Gasteiger partial charge in [-0.15, -0.1) is 0 Å². The number of esters is 2. The molecule has 8 nitrogen and oxygen atoms in total. The van der Waals surface area contributed by atoms with Crippen LogP contribution in [-0.4, -0.2) is 100 Å². The second-order valence-electron chi connectivity index (χ2n) is 4.56. The van der Waals surface area contributed by atoms with Crippen molar-refractivity contribution < 1.29 is 37.2 Å². The SMILES string of the molecule is CCCCCCCC(=O)OC(=O)C(CC(=O)O)S(=O)(=O)O.[NaH].[NaH]. The average Bonchev–Trinajstić information content (AvgIpc) is 2.34. The van der Waals surface area contributed by atoms with Crippen molar-refractivity contribution in [1.82, 2.24) is 0 Å². The Labute approximate surface area is 180 Å². The molecule has 0 heterocycles. The summed E-state index contributed by atoms with van der Waals surface area (Å²) in [5, 5.41) is 6.19. The number of aliphatic carboxylic acids is 1. The quantitative estimate of drug-likeness (QED) is 0.178. The van der Waals surface area contributed by atoms with Gasteiger partial charge in [-0.05, 0) is 6.42 Å². The second kappa shape index (κ2) is 14.8. The van der Waals surface area contributed by atoms with E-state index in [9.17, 15) is 22.8 Å². The number of unbranched alkanes of at least 4 members (excludes halogenated alkanes) is 4. The summed E-state index contributed by atoms with van der Waals surface area (Å²) in [6.07, 6.45) is 3.02. The van der Waals surface area contributed by atoms with Crippen LogP contribution in [0.15, 0.2) is 0 Å². The monoisotopic (exact) mass is 372 g/mol. The van der Waals surface area contributed by atoms with Crippen molar-refractivity contribution in [3.63, 3.8) is 0 Å². The number of hydrogen-bond donors (Lipinski definition) is 2. The van der Waals surface area contributed by atoms with Crippen LogP contribution < -0.4 is 0 Å². The van der Waals surface area contributed by atoms with Crippen LogP contribution in [0.1, 0.15) is 51.9 Å². The Bertz CT molecular complexity index is 477. The van der Waals surface area contributed by atoms with Crippen LogP contribution >= 0.6 is 0 Å². The van der Waals surface area contributed by atoms with E-state index in [0.717, 1.165) is 25.7 Å². The molecule has 0 radical (unpaired) electrons. The number of carboxylic acid groups (broad SMARTS) is 1. The fraction of sp³-hybridized carbons (Fsp3) is 0.750. The minimum atomic E-state index is -4.94. The van der Waals surface area contributed by atoms with Crippen molar-refractivity contribution >= 4 is 87.1 Å². The third-order valence-corrected chi connectivity index (χ3v) is 3.76. The first-order chi connectivity index (χ1) is 9.68. The van der Waals surface area contributed by atoms with E-state index < -0.39 is 39.7 Å². The summed E-state index contributed by atoms with van der Waals surface area (Å²) in [6, 6.07) is 0. The molecule has 0 spiro atoms. The van der Waals surface area contributed by atoms with Gasteiger partial charge in [0.25, 0.3) is 10.1 Å². The van der Waals surface area contributed by atoms with Crippen LogP contribution in [0.4, 0.5) is 0 Å². The molecule has 1 atom stereocenters. The zero-order chi connectivity index (χ0) is 16.5. The summed E-state index contributed by atoms with van der Waals surface area (Å²) in [4.78, 5) is 33.2. The number of rotatable bonds is 10. The van der Waals surface area contributed by atoms with Gasteiger partial charge in [0.15, 0.2) is 5.25 Å². The van der Waals surface area contributed by atoms with Crippen molar-refractivity contribution in [1.29, 1.82) is 0 Å². The van der Waals surface area contributed by atoms with Crippen LogP contribution in [0, 0.1) is 0 Å². The third kappa shape index (κ3) is 14.6. The Hall–Kier alpha value is 0.520. The van der Waals surface area contributed by atoms with Crippen molar-refractivity contribution in [2.24, 2.45) is 0 Å². The zero-order valence-electron chi connectivity index (χ0n) is 11.8. The fourth-order valence-electron chi connectivity index (χ4n) is 1.57. The van der Waals surface area contributed by atoms with E-state index in [0.29, 0.717) is 6.42 Å². The first kappa shape index (κ1) is 28.3. The number of carboxylic acids is 1. The minimum absolute atomic E-state index is 0. The van der Waals surface area contributed by atoms with Gasteiger partial charge in [0.05, 0.1) is 6.42 Å². The molecule has 0 fully saturated rings. The fourth-order valence-corrected chi connectivity index (χ4v) is 2.22. The average molecular weight is 372 g/mol. The molecular weight excluding hydrogens is 350 g/mol. The molecule has 1 unspecified atom stereocenters. The third-order valence-electron chi connectivity index (χ3n) is 2.68. The molecule has 126 valence electrons. The first-order valence-corrected chi connectivity index (χ1v) is 8.11. The molecule has 0 bridgehead atoms. The van der Waals surface area contributed by atoms with Gasteiger partial charge in [-0.2, -0.15) is 8.42 Å². The molecule has 2 N–H and O–H groups in total. The van der Waals surface area contributed by atoms with E-state index in [4.69, 9.17) is 9.66 Å². The predicted molar refractivity (Wildman–Crippen MR) is 86.4 cm³/mol. The van der Waals surface area contributed by atoms with Gasteiger partial charge in [-0.3, -0.25) is 18.9 Å². The van der Waals surface area contributed by atoms with E-state index in [1.807, 2.05) is 6.92 Å². The van der Waals surface area contributed by atoms with E-state index in [2.05, 4.69) is 4.74 Å². The maximum absolute atomic E-state index is 11.4. The van der Waals surface area contributed by atoms with E-state index in [1.165, 1.54) is 0 Å². The van der Waals surface area contributed by atoms with Gasteiger partial charge < -0.3 is 9.84 Å². The van der Waals surface area contributed by atoms with Gasteiger partial charge in [0, 0.05) is 6.42 Å². The van der Waals surface area contributed by atoms with E-state index in [-0.39, 0.29) is 65.5 Å². The van der Waals surface area contributed by atoms with Crippen molar-refractivity contribution in [3.8, 4) is 0 Å². The van der Waals surface area contributed by atoms with Crippen LogP contribution in [0.3, 0.4) is 0 Å². The van der Waals surface area contributed by atoms with Gasteiger partial charge in [0.2, 0.25) is 0 Å². The molecule has 0 amide bonds. The van der Waals surface area contributed by atoms with Gasteiger partial charge in [-0.1, -0.05) is 32.6 Å². The van der Waals surface area contributed by atoms with Crippen LogP contribution in [-0.2, 0) is 29.2 Å². The molecule has 0 aromatic rings. The summed E-state index contributed by atoms with van der Waals surface area (Å²) in [5.41, 5.74) is 0. The first-order valence-electron chi connectivity index (χ1n) is 6.61. The number of carbonyl (C=O) groups is 3.